The summed E-state index contributed by atoms with van der Waals surface area (Å²) in [6, 6.07) is 13.4. The summed E-state index contributed by atoms with van der Waals surface area (Å²) in [7, 11) is -3.62. The predicted octanol–water partition coefficient (Wildman–Crippen LogP) is 3.43. The molecule has 2 aromatic carbocycles. The average Bonchev–Trinajstić information content (AvgIpc) is 2.55. The number of nitrogens with zero attached hydrogens (tertiary/aromatic N) is 2. The van der Waals surface area contributed by atoms with Gasteiger partial charge in [-0.2, -0.15) is 17.0 Å². The molecule has 2 aromatic rings. The highest BCUT2D eigenvalue weighted by Gasteiger charge is 2.33. The Morgan fingerprint density at radius 2 is 1.58 bits per heavy atom. The van der Waals surface area contributed by atoms with Crippen molar-refractivity contribution in [3.63, 3.8) is 0 Å². The Labute approximate surface area is 146 Å². The molecule has 1 aliphatic rings. The van der Waals surface area contributed by atoms with Gasteiger partial charge in [-0.1, -0.05) is 41.9 Å². The second kappa shape index (κ2) is 7.19. The van der Waals surface area contributed by atoms with Gasteiger partial charge in [-0.25, -0.2) is 4.39 Å². The molecule has 24 heavy (non-hydrogen) atoms. The maximum Gasteiger partial charge on any atom is 0.282 e. The quantitative estimate of drug-likeness (QED) is 0.829. The minimum absolute atomic E-state index is 0.0477. The molecule has 4 nitrogen and oxygen atoms in total. The summed E-state index contributed by atoms with van der Waals surface area (Å²) < 4.78 is 42.2. The Morgan fingerprint density at radius 1 is 0.958 bits per heavy atom. The molecular formula is C17H18ClFN2O2S. The van der Waals surface area contributed by atoms with Crippen LogP contribution in [0.3, 0.4) is 0 Å². The lowest BCUT2D eigenvalue weighted by Crippen LogP contribution is -2.48. The SMILES string of the molecule is O=S1(=O)N(Cc2ccc(Cl)cc2)CCCN1Cc1ccccc1F. The van der Waals surface area contributed by atoms with E-state index < -0.39 is 10.2 Å². The van der Waals surface area contributed by atoms with Crippen molar-refractivity contribution in [2.75, 3.05) is 13.1 Å². The zero-order valence-electron chi connectivity index (χ0n) is 13.0. The van der Waals surface area contributed by atoms with Crippen LogP contribution in [0.15, 0.2) is 48.5 Å². The van der Waals surface area contributed by atoms with Crippen molar-refractivity contribution in [1.29, 1.82) is 0 Å². The van der Waals surface area contributed by atoms with Gasteiger partial charge in [0, 0.05) is 36.8 Å². The molecule has 0 amide bonds. The molecule has 0 aromatic heterocycles. The lowest BCUT2D eigenvalue weighted by Gasteiger charge is -2.34. The largest absolute Gasteiger partial charge is 0.282 e. The molecule has 0 spiro atoms. The van der Waals surface area contributed by atoms with Gasteiger partial charge < -0.3 is 0 Å². The van der Waals surface area contributed by atoms with Crippen LogP contribution >= 0.6 is 11.6 Å². The molecule has 0 atom stereocenters. The van der Waals surface area contributed by atoms with Gasteiger partial charge in [0.25, 0.3) is 10.2 Å². The standard InChI is InChI=1S/C17H18ClFN2O2S/c18-16-8-6-14(7-9-16)12-20-10-3-11-21(24(20,22)23)13-15-4-1-2-5-17(15)19/h1-2,4-9H,3,10-13H2. The second-order valence-electron chi connectivity index (χ2n) is 5.75. The molecule has 1 heterocycles. The number of benzene rings is 2. The Kier molecular flexibility index (Phi) is 5.20. The normalized spacial score (nSPS) is 18.6. The topological polar surface area (TPSA) is 40.6 Å². The van der Waals surface area contributed by atoms with Gasteiger partial charge in [0.15, 0.2) is 0 Å². The van der Waals surface area contributed by atoms with Gasteiger partial charge in [-0.3, -0.25) is 0 Å². The third-order valence-corrected chi connectivity index (χ3v) is 6.22. The second-order valence-corrected chi connectivity index (χ2v) is 8.11. The molecule has 0 saturated carbocycles. The zero-order valence-corrected chi connectivity index (χ0v) is 14.6. The Balaban J connectivity index is 1.78. The van der Waals surface area contributed by atoms with Crippen molar-refractivity contribution in [2.24, 2.45) is 0 Å². The maximum atomic E-state index is 13.8. The molecular weight excluding hydrogens is 351 g/mol. The van der Waals surface area contributed by atoms with Crippen LogP contribution < -0.4 is 0 Å². The molecule has 0 N–H and O–H groups in total. The molecule has 1 saturated heterocycles. The molecule has 0 aliphatic carbocycles. The summed E-state index contributed by atoms with van der Waals surface area (Å²) in [5.74, 6) is -0.387. The predicted molar refractivity (Wildman–Crippen MR) is 92.2 cm³/mol. The maximum absolute atomic E-state index is 13.8. The van der Waals surface area contributed by atoms with E-state index in [1.807, 2.05) is 12.1 Å². The van der Waals surface area contributed by atoms with Gasteiger partial charge in [-0.15, -0.1) is 0 Å². The Morgan fingerprint density at radius 3 is 2.25 bits per heavy atom. The minimum atomic E-state index is -3.62. The fourth-order valence-corrected chi connectivity index (χ4v) is 4.54. The van der Waals surface area contributed by atoms with E-state index in [1.54, 1.807) is 30.3 Å². The van der Waals surface area contributed by atoms with Crippen molar-refractivity contribution < 1.29 is 12.8 Å². The lowest BCUT2D eigenvalue weighted by atomic mass is 10.2. The first-order chi connectivity index (χ1) is 11.5. The van der Waals surface area contributed by atoms with Gasteiger partial charge in [0.2, 0.25) is 0 Å². The first kappa shape index (κ1) is 17.4. The van der Waals surface area contributed by atoms with E-state index >= 15 is 0 Å². The van der Waals surface area contributed by atoms with E-state index in [1.165, 1.54) is 14.7 Å². The molecule has 0 unspecified atom stereocenters. The lowest BCUT2D eigenvalue weighted by molar-refractivity contribution is 0.274. The summed E-state index contributed by atoms with van der Waals surface area (Å²) in [6.07, 6.45) is 0.710. The first-order valence-electron chi connectivity index (χ1n) is 7.70. The monoisotopic (exact) mass is 368 g/mol. The van der Waals surface area contributed by atoms with Crippen molar-refractivity contribution in [2.45, 2.75) is 19.5 Å². The molecule has 7 heteroatoms. The van der Waals surface area contributed by atoms with E-state index in [2.05, 4.69) is 0 Å². The van der Waals surface area contributed by atoms with Crippen molar-refractivity contribution >= 4 is 21.8 Å². The van der Waals surface area contributed by atoms with Gasteiger partial charge >= 0.3 is 0 Å². The summed E-state index contributed by atoms with van der Waals surface area (Å²) >= 11 is 5.86. The van der Waals surface area contributed by atoms with E-state index in [4.69, 9.17) is 11.6 Å². The van der Waals surface area contributed by atoms with E-state index in [9.17, 15) is 12.8 Å². The van der Waals surface area contributed by atoms with Crippen LogP contribution in [0.5, 0.6) is 0 Å². The molecule has 128 valence electrons. The number of halogens is 2. The van der Waals surface area contributed by atoms with Crippen LogP contribution in [0.1, 0.15) is 17.5 Å². The summed E-state index contributed by atoms with van der Waals surface area (Å²) in [4.78, 5) is 0. The van der Waals surface area contributed by atoms with E-state index in [-0.39, 0.29) is 18.9 Å². The van der Waals surface area contributed by atoms with Crippen molar-refractivity contribution in [1.82, 2.24) is 8.61 Å². The highest BCUT2D eigenvalue weighted by Crippen LogP contribution is 2.23. The highest BCUT2D eigenvalue weighted by atomic mass is 35.5. The number of hydrogen-bond acceptors (Lipinski definition) is 2. The first-order valence-corrected chi connectivity index (χ1v) is 9.47. The van der Waals surface area contributed by atoms with Crippen LogP contribution in [0.4, 0.5) is 4.39 Å². The van der Waals surface area contributed by atoms with Crippen LogP contribution in [0, 0.1) is 5.82 Å². The fourth-order valence-electron chi connectivity index (χ4n) is 2.75. The van der Waals surface area contributed by atoms with Gasteiger partial charge in [-0.05, 0) is 30.2 Å². The fraction of sp³-hybridized carbons (Fsp3) is 0.294. The molecule has 1 fully saturated rings. The van der Waals surface area contributed by atoms with Crippen LogP contribution in [-0.4, -0.2) is 30.1 Å². The highest BCUT2D eigenvalue weighted by molar-refractivity contribution is 7.86. The third kappa shape index (κ3) is 3.78. The number of hydrogen-bond donors (Lipinski definition) is 0. The Hall–Kier alpha value is -1.47. The van der Waals surface area contributed by atoms with E-state index in [0.29, 0.717) is 30.1 Å². The molecule has 0 radical (unpaired) electrons. The van der Waals surface area contributed by atoms with Crippen molar-refractivity contribution in [3.05, 3.63) is 70.5 Å². The van der Waals surface area contributed by atoms with E-state index in [0.717, 1.165) is 5.56 Å². The minimum Gasteiger partial charge on any atom is -0.207 e. The molecule has 1 aliphatic heterocycles. The van der Waals surface area contributed by atoms with Crippen LogP contribution in [0.2, 0.25) is 5.02 Å². The number of rotatable bonds is 4. The summed E-state index contributed by atoms with van der Waals surface area (Å²) in [5, 5.41) is 0.612. The van der Waals surface area contributed by atoms with Gasteiger partial charge in [0.05, 0.1) is 0 Å². The molecule has 0 bridgehead atoms. The molecule has 3 rings (SSSR count). The summed E-state index contributed by atoms with van der Waals surface area (Å²) in [6.45, 7) is 1.19. The zero-order chi connectivity index (χ0) is 17.2. The smallest absolute Gasteiger partial charge is 0.207 e. The summed E-state index contributed by atoms with van der Waals surface area (Å²) in [5.41, 5.74) is 1.25. The van der Waals surface area contributed by atoms with Gasteiger partial charge in [0.1, 0.15) is 5.82 Å². The van der Waals surface area contributed by atoms with Crippen molar-refractivity contribution in [3.8, 4) is 0 Å². The Bertz CT molecular complexity index is 812. The van der Waals surface area contributed by atoms with Crippen LogP contribution in [0.25, 0.3) is 0 Å². The van der Waals surface area contributed by atoms with Crippen LogP contribution in [-0.2, 0) is 23.3 Å². The average molecular weight is 369 g/mol. The third-order valence-electron chi connectivity index (χ3n) is 4.04.